The standard InChI is InChI=1S/C6H13NO3/c1-6(2,3)4-5-10-7(8)9/h4-5H2,1-3H3. The van der Waals surface area contributed by atoms with Crippen LogP contribution in [0.1, 0.15) is 27.2 Å². The summed E-state index contributed by atoms with van der Waals surface area (Å²) in [6, 6.07) is 0. The second-order valence-electron chi connectivity index (χ2n) is 3.37. The fourth-order valence-electron chi connectivity index (χ4n) is 0.426. The first-order valence-corrected chi connectivity index (χ1v) is 3.19. The summed E-state index contributed by atoms with van der Waals surface area (Å²) in [6.45, 7) is 6.22. The molecule has 0 rings (SSSR count). The first kappa shape index (κ1) is 9.20. The summed E-state index contributed by atoms with van der Waals surface area (Å²) in [7, 11) is 0. The molecule has 0 atom stereocenters. The van der Waals surface area contributed by atoms with Gasteiger partial charge in [-0.2, -0.15) is 0 Å². The van der Waals surface area contributed by atoms with Gasteiger partial charge in [0.15, 0.2) is 0 Å². The van der Waals surface area contributed by atoms with Crippen molar-refractivity contribution in [1.29, 1.82) is 0 Å². The van der Waals surface area contributed by atoms with Crippen molar-refractivity contribution in [1.82, 2.24) is 0 Å². The summed E-state index contributed by atoms with van der Waals surface area (Å²) in [5.74, 6) is 0. The SMILES string of the molecule is CC(C)(C)CCO[N+](=O)[O-]. The van der Waals surface area contributed by atoms with Gasteiger partial charge in [-0.3, -0.25) is 0 Å². The van der Waals surface area contributed by atoms with E-state index in [4.69, 9.17) is 0 Å². The van der Waals surface area contributed by atoms with Crippen molar-refractivity contribution in [3.05, 3.63) is 10.1 Å². The molecule has 0 aliphatic carbocycles. The topological polar surface area (TPSA) is 52.4 Å². The van der Waals surface area contributed by atoms with E-state index in [1.165, 1.54) is 0 Å². The minimum absolute atomic E-state index is 0.107. The van der Waals surface area contributed by atoms with Gasteiger partial charge in [0.1, 0.15) is 0 Å². The largest absolute Gasteiger partial charge is 0.314 e. The Kier molecular flexibility index (Phi) is 3.12. The highest BCUT2D eigenvalue weighted by Crippen LogP contribution is 2.17. The van der Waals surface area contributed by atoms with Crippen LogP contribution in [0.5, 0.6) is 0 Å². The predicted molar refractivity (Wildman–Crippen MR) is 37.0 cm³/mol. The Labute approximate surface area is 60.3 Å². The molecule has 0 saturated heterocycles. The lowest BCUT2D eigenvalue weighted by Crippen LogP contribution is -2.11. The molecule has 0 heterocycles. The maximum Gasteiger partial charge on any atom is 0.294 e. The predicted octanol–water partition coefficient (Wildman–Crippen LogP) is 1.63. The molecule has 0 bridgehead atoms. The third-order valence-electron chi connectivity index (χ3n) is 1.05. The molecular formula is C6H13NO3. The Balaban J connectivity index is 3.29. The Morgan fingerprint density at radius 2 is 2.00 bits per heavy atom. The maximum absolute atomic E-state index is 9.67. The average molecular weight is 147 g/mol. The second-order valence-corrected chi connectivity index (χ2v) is 3.37. The van der Waals surface area contributed by atoms with E-state index in [0.717, 1.165) is 0 Å². The molecule has 0 radical (unpaired) electrons. The molecule has 0 aromatic carbocycles. The van der Waals surface area contributed by atoms with Gasteiger partial charge in [-0.25, -0.2) is 0 Å². The zero-order valence-electron chi connectivity index (χ0n) is 6.59. The highest BCUT2D eigenvalue weighted by Gasteiger charge is 2.10. The first-order valence-electron chi connectivity index (χ1n) is 3.19. The maximum atomic E-state index is 9.67. The van der Waals surface area contributed by atoms with Crippen LogP contribution in [0.15, 0.2) is 0 Å². The minimum Gasteiger partial charge on any atom is -0.314 e. The third kappa shape index (κ3) is 7.20. The second kappa shape index (κ2) is 3.39. The smallest absolute Gasteiger partial charge is 0.294 e. The van der Waals surface area contributed by atoms with Gasteiger partial charge in [-0.15, -0.1) is 10.1 Å². The molecule has 60 valence electrons. The lowest BCUT2D eigenvalue weighted by atomic mass is 9.93. The molecular weight excluding hydrogens is 134 g/mol. The van der Waals surface area contributed by atoms with Gasteiger partial charge in [0, 0.05) is 0 Å². The number of hydrogen-bond donors (Lipinski definition) is 0. The van der Waals surface area contributed by atoms with E-state index >= 15 is 0 Å². The summed E-state index contributed by atoms with van der Waals surface area (Å²) in [6.07, 6.45) is 0.702. The van der Waals surface area contributed by atoms with Gasteiger partial charge in [0.25, 0.3) is 5.09 Å². The molecule has 0 saturated carbocycles. The Morgan fingerprint density at radius 3 is 2.30 bits per heavy atom. The number of nitrogens with zero attached hydrogens (tertiary/aromatic N) is 1. The molecule has 4 heteroatoms. The Bertz CT molecular complexity index is 117. The molecule has 0 unspecified atom stereocenters. The van der Waals surface area contributed by atoms with Crippen LogP contribution in [-0.4, -0.2) is 11.7 Å². The van der Waals surface area contributed by atoms with E-state index in [1.807, 2.05) is 20.8 Å². The van der Waals surface area contributed by atoms with Gasteiger partial charge < -0.3 is 4.84 Å². The van der Waals surface area contributed by atoms with Crippen molar-refractivity contribution < 1.29 is 9.92 Å². The number of hydrogen-bond acceptors (Lipinski definition) is 3. The summed E-state index contributed by atoms with van der Waals surface area (Å²) < 4.78 is 0. The van der Waals surface area contributed by atoms with Crippen LogP contribution in [-0.2, 0) is 4.84 Å². The zero-order valence-corrected chi connectivity index (χ0v) is 6.59. The van der Waals surface area contributed by atoms with Crippen LogP contribution in [0, 0.1) is 15.5 Å². The molecule has 0 amide bonds. The fourth-order valence-corrected chi connectivity index (χ4v) is 0.426. The van der Waals surface area contributed by atoms with E-state index in [2.05, 4.69) is 4.84 Å². The van der Waals surface area contributed by atoms with Gasteiger partial charge in [0.05, 0.1) is 6.61 Å². The first-order chi connectivity index (χ1) is 4.42. The summed E-state index contributed by atoms with van der Waals surface area (Å²) in [4.78, 5) is 13.8. The average Bonchev–Trinajstić information content (AvgIpc) is 1.59. The number of rotatable bonds is 3. The van der Waals surface area contributed by atoms with Crippen molar-refractivity contribution in [2.45, 2.75) is 27.2 Å². The van der Waals surface area contributed by atoms with Gasteiger partial charge in [0.2, 0.25) is 0 Å². The monoisotopic (exact) mass is 147 g/mol. The molecule has 0 aliphatic rings. The molecule has 10 heavy (non-hydrogen) atoms. The third-order valence-corrected chi connectivity index (χ3v) is 1.05. The van der Waals surface area contributed by atoms with Crippen molar-refractivity contribution in [2.75, 3.05) is 6.61 Å². The Hall–Kier alpha value is -0.800. The van der Waals surface area contributed by atoms with Crippen molar-refractivity contribution in [2.24, 2.45) is 5.41 Å². The summed E-state index contributed by atoms with van der Waals surface area (Å²) >= 11 is 0. The highest BCUT2D eigenvalue weighted by molar-refractivity contribution is 4.58. The molecule has 0 spiro atoms. The van der Waals surface area contributed by atoms with E-state index < -0.39 is 5.09 Å². The molecule has 4 nitrogen and oxygen atoms in total. The van der Waals surface area contributed by atoms with E-state index in [9.17, 15) is 10.1 Å². The van der Waals surface area contributed by atoms with E-state index in [-0.39, 0.29) is 12.0 Å². The Morgan fingerprint density at radius 1 is 1.50 bits per heavy atom. The van der Waals surface area contributed by atoms with Crippen LogP contribution >= 0.6 is 0 Å². The van der Waals surface area contributed by atoms with Gasteiger partial charge in [-0.1, -0.05) is 20.8 Å². The van der Waals surface area contributed by atoms with Crippen LogP contribution in [0.25, 0.3) is 0 Å². The van der Waals surface area contributed by atoms with Gasteiger partial charge in [-0.05, 0) is 11.8 Å². The van der Waals surface area contributed by atoms with Crippen LogP contribution in [0.3, 0.4) is 0 Å². The molecule has 0 N–H and O–H groups in total. The fraction of sp³-hybridized carbons (Fsp3) is 1.00. The summed E-state index contributed by atoms with van der Waals surface area (Å²) in [5, 5.41) is 8.91. The molecule has 0 aliphatic heterocycles. The van der Waals surface area contributed by atoms with Crippen LogP contribution in [0.4, 0.5) is 0 Å². The highest BCUT2D eigenvalue weighted by atomic mass is 16.9. The van der Waals surface area contributed by atoms with E-state index in [0.29, 0.717) is 6.42 Å². The van der Waals surface area contributed by atoms with Crippen LogP contribution in [0.2, 0.25) is 0 Å². The minimum atomic E-state index is -0.758. The lowest BCUT2D eigenvalue weighted by molar-refractivity contribution is -0.758. The quantitative estimate of drug-likeness (QED) is 0.450. The van der Waals surface area contributed by atoms with Crippen molar-refractivity contribution in [3.8, 4) is 0 Å². The zero-order chi connectivity index (χ0) is 8.20. The molecule has 0 fully saturated rings. The van der Waals surface area contributed by atoms with Gasteiger partial charge >= 0.3 is 0 Å². The molecule has 0 aromatic heterocycles. The van der Waals surface area contributed by atoms with Crippen LogP contribution < -0.4 is 0 Å². The lowest BCUT2D eigenvalue weighted by Gasteiger charge is -2.16. The normalized spacial score (nSPS) is 11.1. The molecule has 0 aromatic rings. The summed E-state index contributed by atoms with van der Waals surface area (Å²) in [5.41, 5.74) is 0.107. The van der Waals surface area contributed by atoms with Crippen molar-refractivity contribution >= 4 is 0 Å². The van der Waals surface area contributed by atoms with E-state index in [1.54, 1.807) is 0 Å². The van der Waals surface area contributed by atoms with Crippen molar-refractivity contribution in [3.63, 3.8) is 0 Å².